The third kappa shape index (κ3) is 2.69. The van der Waals surface area contributed by atoms with E-state index in [4.69, 9.17) is 0 Å². The zero-order chi connectivity index (χ0) is 16.7. The van der Waals surface area contributed by atoms with Crippen LogP contribution < -0.4 is 0 Å². The summed E-state index contributed by atoms with van der Waals surface area (Å²) < 4.78 is 0. The molecule has 0 aliphatic carbocycles. The van der Waals surface area contributed by atoms with E-state index in [2.05, 4.69) is 19.9 Å². The molecule has 2 aliphatic heterocycles. The number of fused-ring (bicyclic) bond motifs is 2. The summed E-state index contributed by atoms with van der Waals surface area (Å²) in [6, 6.07) is 6.06. The zero-order valence-corrected chi connectivity index (χ0v) is 14.6. The number of rotatable bonds is 4. The highest BCUT2D eigenvalue weighted by atomic mass is 32.2. The Morgan fingerprint density at radius 1 is 1.46 bits per heavy atom. The standard InChI is InChI=1S/C17H19N5OS/c1-11-4-3-5-13-16(11)20-14(19-13)9-21(2)15(23)8-12-10-24-17-18-6-7-22(12)17/h3-5,10H,6-9H2,1-2H3,(H,19,20). The highest BCUT2D eigenvalue weighted by molar-refractivity contribution is 8.16. The first-order valence-corrected chi connectivity index (χ1v) is 8.85. The third-order valence-corrected chi connectivity index (χ3v) is 5.31. The first-order valence-electron chi connectivity index (χ1n) is 7.97. The van der Waals surface area contributed by atoms with Crippen molar-refractivity contribution in [3.8, 4) is 0 Å². The summed E-state index contributed by atoms with van der Waals surface area (Å²) in [5.74, 6) is 0.903. The van der Waals surface area contributed by atoms with Crippen molar-refractivity contribution in [3.63, 3.8) is 0 Å². The molecule has 2 aromatic rings. The van der Waals surface area contributed by atoms with Crippen LogP contribution in [0.3, 0.4) is 0 Å². The monoisotopic (exact) mass is 341 g/mol. The number of aromatic amines is 1. The Hall–Kier alpha value is -2.28. The van der Waals surface area contributed by atoms with Crippen molar-refractivity contribution < 1.29 is 4.79 Å². The van der Waals surface area contributed by atoms with Gasteiger partial charge in [-0.1, -0.05) is 23.9 Å². The molecule has 0 bridgehead atoms. The van der Waals surface area contributed by atoms with E-state index in [-0.39, 0.29) is 5.91 Å². The van der Waals surface area contributed by atoms with Crippen molar-refractivity contribution >= 4 is 33.9 Å². The largest absolute Gasteiger partial charge is 0.340 e. The lowest BCUT2D eigenvalue weighted by Crippen LogP contribution is -2.30. The topological polar surface area (TPSA) is 64.6 Å². The fourth-order valence-electron chi connectivity index (χ4n) is 3.02. The molecule has 24 heavy (non-hydrogen) atoms. The predicted octanol–water partition coefficient (Wildman–Crippen LogP) is 2.48. The van der Waals surface area contributed by atoms with Gasteiger partial charge in [0.25, 0.3) is 0 Å². The molecule has 7 heteroatoms. The molecular formula is C17H19N5OS. The Labute approximate surface area is 144 Å². The van der Waals surface area contributed by atoms with Gasteiger partial charge in [-0.2, -0.15) is 0 Å². The summed E-state index contributed by atoms with van der Waals surface area (Å²) in [5, 5.41) is 3.06. The number of nitrogens with zero attached hydrogens (tertiary/aromatic N) is 4. The summed E-state index contributed by atoms with van der Waals surface area (Å²) in [4.78, 5) is 28.7. The van der Waals surface area contributed by atoms with Gasteiger partial charge in [0.2, 0.25) is 5.91 Å². The van der Waals surface area contributed by atoms with E-state index >= 15 is 0 Å². The number of amidine groups is 1. The Bertz CT molecular complexity index is 869. The molecule has 124 valence electrons. The number of nitrogens with one attached hydrogen (secondary N) is 1. The molecule has 0 fully saturated rings. The molecule has 2 aliphatic rings. The minimum Gasteiger partial charge on any atom is -0.340 e. The zero-order valence-electron chi connectivity index (χ0n) is 13.7. The lowest BCUT2D eigenvalue weighted by atomic mass is 10.2. The maximum absolute atomic E-state index is 12.5. The Morgan fingerprint density at radius 3 is 3.17 bits per heavy atom. The summed E-state index contributed by atoms with van der Waals surface area (Å²) in [6.07, 6.45) is 0.405. The number of hydrogen-bond donors (Lipinski definition) is 1. The Balaban J connectivity index is 1.43. The molecule has 0 atom stereocenters. The molecule has 1 amide bonds. The van der Waals surface area contributed by atoms with E-state index in [9.17, 15) is 4.79 Å². The minimum absolute atomic E-state index is 0.0900. The second-order valence-electron chi connectivity index (χ2n) is 6.12. The number of benzene rings is 1. The van der Waals surface area contributed by atoms with Crippen molar-refractivity contribution in [2.75, 3.05) is 20.1 Å². The van der Waals surface area contributed by atoms with E-state index in [1.165, 1.54) is 0 Å². The first kappa shape index (κ1) is 15.3. The highest BCUT2D eigenvalue weighted by Crippen LogP contribution is 2.31. The summed E-state index contributed by atoms with van der Waals surface area (Å²) >= 11 is 1.61. The normalized spacial score (nSPS) is 16.3. The molecule has 4 rings (SSSR count). The maximum Gasteiger partial charge on any atom is 0.228 e. The van der Waals surface area contributed by atoms with Crippen LogP contribution in [0.25, 0.3) is 11.0 Å². The number of thioether (sulfide) groups is 1. The average Bonchev–Trinajstić information content (AvgIpc) is 3.24. The molecular weight excluding hydrogens is 322 g/mol. The molecule has 0 unspecified atom stereocenters. The Kier molecular flexibility index (Phi) is 3.80. The first-order chi connectivity index (χ1) is 11.6. The molecule has 0 radical (unpaired) electrons. The number of aromatic nitrogens is 2. The highest BCUT2D eigenvalue weighted by Gasteiger charge is 2.28. The van der Waals surface area contributed by atoms with Crippen LogP contribution in [-0.4, -0.2) is 51.0 Å². The van der Waals surface area contributed by atoms with Crippen LogP contribution in [0.5, 0.6) is 0 Å². The summed E-state index contributed by atoms with van der Waals surface area (Å²) in [6.45, 7) is 4.23. The fourth-order valence-corrected chi connectivity index (χ4v) is 3.97. The molecule has 3 heterocycles. The number of para-hydroxylation sites is 1. The van der Waals surface area contributed by atoms with Crippen LogP contribution >= 0.6 is 11.8 Å². The second-order valence-corrected chi connectivity index (χ2v) is 6.96. The van der Waals surface area contributed by atoms with E-state index in [0.717, 1.165) is 46.4 Å². The number of carbonyl (C=O) groups excluding carboxylic acids is 1. The number of aliphatic imine (C=N–C) groups is 1. The van der Waals surface area contributed by atoms with Crippen molar-refractivity contribution in [2.45, 2.75) is 19.9 Å². The van der Waals surface area contributed by atoms with Crippen LogP contribution in [0.2, 0.25) is 0 Å². The van der Waals surface area contributed by atoms with Crippen molar-refractivity contribution in [3.05, 3.63) is 40.7 Å². The Morgan fingerprint density at radius 2 is 2.33 bits per heavy atom. The van der Waals surface area contributed by atoms with Gasteiger partial charge < -0.3 is 14.8 Å². The molecule has 0 spiro atoms. The van der Waals surface area contributed by atoms with E-state index in [1.807, 2.05) is 37.6 Å². The van der Waals surface area contributed by atoms with Crippen molar-refractivity contribution in [2.24, 2.45) is 4.99 Å². The summed E-state index contributed by atoms with van der Waals surface area (Å²) in [5.41, 5.74) is 4.17. The molecule has 0 saturated heterocycles. The lowest BCUT2D eigenvalue weighted by Gasteiger charge is -2.20. The van der Waals surface area contributed by atoms with Crippen LogP contribution in [0, 0.1) is 6.92 Å². The van der Waals surface area contributed by atoms with Gasteiger partial charge in [-0.05, 0) is 24.0 Å². The molecule has 1 aromatic carbocycles. The number of carbonyl (C=O) groups is 1. The SMILES string of the molecule is Cc1cccc2[nH]c(CN(C)C(=O)CC3=CSC4=NCCN34)nc12. The van der Waals surface area contributed by atoms with Gasteiger partial charge in [-0.25, -0.2) is 4.98 Å². The number of hydrogen-bond acceptors (Lipinski definition) is 5. The van der Waals surface area contributed by atoms with Gasteiger partial charge in [0.05, 0.1) is 30.5 Å². The van der Waals surface area contributed by atoms with E-state index in [0.29, 0.717) is 13.0 Å². The quantitative estimate of drug-likeness (QED) is 0.928. The van der Waals surface area contributed by atoms with Crippen LogP contribution in [-0.2, 0) is 11.3 Å². The molecule has 1 aromatic heterocycles. The van der Waals surface area contributed by atoms with E-state index in [1.54, 1.807) is 16.7 Å². The smallest absolute Gasteiger partial charge is 0.228 e. The van der Waals surface area contributed by atoms with E-state index < -0.39 is 0 Å². The second kappa shape index (κ2) is 5.98. The van der Waals surface area contributed by atoms with Gasteiger partial charge in [-0.15, -0.1) is 0 Å². The van der Waals surface area contributed by atoms with Crippen molar-refractivity contribution in [1.29, 1.82) is 0 Å². The minimum atomic E-state index is 0.0900. The molecule has 0 saturated carbocycles. The number of aryl methyl sites for hydroxylation is 1. The number of imidazole rings is 1. The van der Waals surface area contributed by atoms with Gasteiger partial charge in [-0.3, -0.25) is 9.79 Å². The fraction of sp³-hybridized carbons (Fsp3) is 0.353. The van der Waals surface area contributed by atoms with Crippen LogP contribution in [0.15, 0.2) is 34.3 Å². The van der Waals surface area contributed by atoms with Gasteiger partial charge in [0.15, 0.2) is 5.17 Å². The molecule has 6 nitrogen and oxygen atoms in total. The molecule has 1 N–H and O–H groups in total. The van der Waals surface area contributed by atoms with Crippen molar-refractivity contribution in [1.82, 2.24) is 19.8 Å². The average molecular weight is 341 g/mol. The van der Waals surface area contributed by atoms with Crippen LogP contribution in [0.1, 0.15) is 17.8 Å². The number of amides is 1. The predicted molar refractivity (Wildman–Crippen MR) is 96.6 cm³/mol. The lowest BCUT2D eigenvalue weighted by molar-refractivity contribution is -0.130. The third-order valence-electron chi connectivity index (χ3n) is 4.36. The number of H-pyrrole nitrogens is 1. The summed E-state index contributed by atoms with van der Waals surface area (Å²) in [7, 11) is 1.82. The van der Waals surface area contributed by atoms with Gasteiger partial charge >= 0.3 is 0 Å². The van der Waals surface area contributed by atoms with Gasteiger partial charge in [0, 0.05) is 19.3 Å². The van der Waals surface area contributed by atoms with Gasteiger partial charge in [0.1, 0.15) is 5.82 Å². The maximum atomic E-state index is 12.5. The van der Waals surface area contributed by atoms with Crippen LogP contribution in [0.4, 0.5) is 0 Å².